The van der Waals surface area contributed by atoms with E-state index in [2.05, 4.69) is 39.8 Å². The topological polar surface area (TPSA) is 70.7 Å². The number of hydrogen-bond acceptors (Lipinski definition) is 4. The second kappa shape index (κ2) is 13.7. The van der Waals surface area contributed by atoms with Crippen LogP contribution in [0.25, 0.3) is 0 Å². The van der Waals surface area contributed by atoms with Crippen LogP contribution >= 0.6 is 0 Å². The average Bonchev–Trinajstić information content (AvgIpc) is 2.94. The second-order valence-electron chi connectivity index (χ2n) is 9.62. The monoisotopic (exact) mass is 517 g/mol. The van der Waals surface area contributed by atoms with Crippen molar-refractivity contribution in [2.24, 2.45) is 5.92 Å². The van der Waals surface area contributed by atoms with E-state index in [9.17, 15) is 14.0 Å². The van der Waals surface area contributed by atoms with Crippen molar-refractivity contribution < 1.29 is 18.7 Å². The Morgan fingerprint density at radius 3 is 2.42 bits per heavy atom. The van der Waals surface area contributed by atoms with E-state index >= 15 is 0 Å². The van der Waals surface area contributed by atoms with Crippen molar-refractivity contribution in [1.82, 2.24) is 5.32 Å². The van der Waals surface area contributed by atoms with Crippen molar-refractivity contribution in [1.29, 1.82) is 0 Å². The highest BCUT2D eigenvalue weighted by Crippen LogP contribution is 2.30. The lowest BCUT2D eigenvalue weighted by Crippen LogP contribution is -2.36. The maximum Gasteiger partial charge on any atom is 0.255 e. The molecule has 38 heavy (non-hydrogen) atoms. The Morgan fingerprint density at radius 1 is 0.974 bits per heavy atom. The quantitative estimate of drug-likeness (QED) is 0.321. The van der Waals surface area contributed by atoms with E-state index in [0.717, 1.165) is 44.5 Å². The molecule has 1 aliphatic heterocycles. The largest absolute Gasteiger partial charge is 0.382 e. The summed E-state index contributed by atoms with van der Waals surface area (Å²) in [6.07, 6.45) is 3.89. The number of piperidine rings is 1. The summed E-state index contributed by atoms with van der Waals surface area (Å²) in [6.45, 7) is 5.41. The number of benzene rings is 3. The number of halogens is 1. The number of ether oxygens (including phenoxy) is 1. The first kappa shape index (κ1) is 27.3. The molecular formula is C31H36FN3O3. The summed E-state index contributed by atoms with van der Waals surface area (Å²) in [4.78, 5) is 28.2. The van der Waals surface area contributed by atoms with Crippen LogP contribution < -0.4 is 15.5 Å². The number of nitrogens with one attached hydrogen (secondary N) is 2. The molecule has 0 spiro atoms. The van der Waals surface area contributed by atoms with Crippen molar-refractivity contribution in [2.75, 3.05) is 43.1 Å². The molecule has 1 heterocycles. The Labute approximate surface area is 224 Å². The zero-order valence-corrected chi connectivity index (χ0v) is 21.9. The lowest BCUT2D eigenvalue weighted by atomic mass is 9.89. The lowest BCUT2D eigenvalue weighted by molar-refractivity contribution is 0.0943. The van der Waals surface area contributed by atoms with Gasteiger partial charge in [0.05, 0.1) is 5.56 Å². The molecule has 1 fully saturated rings. The molecule has 1 aliphatic rings. The minimum absolute atomic E-state index is 0.180. The average molecular weight is 518 g/mol. The SMILES string of the molecule is CCOCCCNC(=O)c1cc(NC(=O)c2ccc(F)cc2)ccc1N1CCC(Cc2ccccc2)CC1. The molecule has 0 aliphatic carbocycles. The van der Waals surface area contributed by atoms with Gasteiger partial charge in [-0.3, -0.25) is 9.59 Å². The third-order valence-corrected chi connectivity index (χ3v) is 6.88. The number of nitrogens with zero attached hydrogens (tertiary/aromatic N) is 1. The molecule has 0 aromatic heterocycles. The van der Waals surface area contributed by atoms with Crippen LogP contribution in [0.3, 0.4) is 0 Å². The molecule has 2 N–H and O–H groups in total. The number of amides is 2. The van der Waals surface area contributed by atoms with Gasteiger partial charge in [-0.25, -0.2) is 4.39 Å². The van der Waals surface area contributed by atoms with Crippen molar-refractivity contribution in [3.05, 3.63) is 95.3 Å². The van der Waals surface area contributed by atoms with Gasteiger partial charge in [0, 0.05) is 49.8 Å². The van der Waals surface area contributed by atoms with E-state index in [-0.39, 0.29) is 11.8 Å². The van der Waals surface area contributed by atoms with Crippen LogP contribution in [0.15, 0.2) is 72.8 Å². The molecule has 0 atom stereocenters. The fourth-order valence-electron chi connectivity index (χ4n) is 4.82. The molecule has 0 radical (unpaired) electrons. The molecule has 0 bridgehead atoms. The maximum atomic E-state index is 13.3. The highest BCUT2D eigenvalue weighted by atomic mass is 19.1. The predicted octanol–water partition coefficient (Wildman–Crippen LogP) is 5.69. The standard InChI is InChI=1S/C31H36FN3O3/c1-2-38-20-6-17-33-31(37)28-22-27(34-30(36)25-9-11-26(32)12-10-25)13-14-29(28)35-18-15-24(16-19-35)21-23-7-4-3-5-8-23/h3-5,7-14,22,24H,2,6,15-21H2,1H3,(H,33,37)(H,34,36). The summed E-state index contributed by atoms with van der Waals surface area (Å²) in [5.74, 6) is -0.330. The van der Waals surface area contributed by atoms with E-state index in [1.54, 1.807) is 6.07 Å². The van der Waals surface area contributed by atoms with E-state index in [1.807, 2.05) is 25.1 Å². The molecule has 6 nitrogen and oxygen atoms in total. The minimum Gasteiger partial charge on any atom is -0.382 e. The van der Waals surface area contributed by atoms with Crippen LogP contribution in [-0.2, 0) is 11.2 Å². The summed E-state index contributed by atoms with van der Waals surface area (Å²) >= 11 is 0. The molecule has 0 saturated carbocycles. The van der Waals surface area contributed by atoms with Crippen molar-refractivity contribution in [2.45, 2.75) is 32.6 Å². The van der Waals surface area contributed by atoms with Crippen molar-refractivity contribution >= 4 is 23.2 Å². The van der Waals surface area contributed by atoms with Gasteiger partial charge in [-0.05, 0) is 86.6 Å². The van der Waals surface area contributed by atoms with Crippen LogP contribution in [0.5, 0.6) is 0 Å². The number of carbonyl (C=O) groups is 2. The van der Waals surface area contributed by atoms with Crippen LogP contribution in [0.2, 0.25) is 0 Å². The van der Waals surface area contributed by atoms with Gasteiger partial charge in [0.25, 0.3) is 11.8 Å². The number of hydrogen-bond donors (Lipinski definition) is 2. The highest BCUT2D eigenvalue weighted by molar-refractivity contribution is 6.06. The Bertz CT molecular complexity index is 1190. The summed E-state index contributed by atoms with van der Waals surface area (Å²) in [5, 5.41) is 5.84. The summed E-state index contributed by atoms with van der Waals surface area (Å²) in [6, 6.07) is 21.4. The van der Waals surface area contributed by atoms with Crippen LogP contribution in [-0.4, -0.2) is 44.7 Å². The van der Waals surface area contributed by atoms with Gasteiger partial charge in [0.1, 0.15) is 5.82 Å². The normalized spacial score (nSPS) is 13.8. The van der Waals surface area contributed by atoms with Crippen molar-refractivity contribution in [3.8, 4) is 0 Å². The molecule has 4 rings (SSSR count). The fraction of sp³-hybridized carbons (Fsp3) is 0.355. The molecule has 1 saturated heterocycles. The van der Waals surface area contributed by atoms with Gasteiger partial charge in [-0.1, -0.05) is 30.3 Å². The summed E-state index contributed by atoms with van der Waals surface area (Å²) in [7, 11) is 0. The summed E-state index contributed by atoms with van der Waals surface area (Å²) < 4.78 is 18.6. The Kier molecular flexibility index (Phi) is 9.87. The minimum atomic E-state index is -0.401. The Balaban J connectivity index is 1.46. The molecular weight excluding hydrogens is 481 g/mol. The molecule has 0 unspecified atom stereocenters. The van der Waals surface area contributed by atoms with Crippen LogP contribution in [0.4, 0.5) is 15.8 Å². The molecule has 3 aromatic rings. The zero-order valence-electron chi connectivity index (χ0n) is 21.9. The molecule has 2 amide bonds. The third-order valence-electron chi connectivity index (χ3n) is 6.88. The van der Waals surface area contributed by atoms with Gasteiger partial charge < -0.3 is 20.3 Å². The predicted molar refractivity (Wildman–Crippen MR) is 149 cm³/mol. The maximum absolute atomic E-state index is 13.3. The first-order valence-electron chi connectivity index (χ1n) is 13.4. The second-order valence-corrected chi connectivity index (χ2v) is 9.62. The summed E-state index contributed by atoms with van der Waals surface area (Å²) in [5.41, 5.74) is 3.61. The van der Waals surface area contributed by atoms with E-state index in [0.29, 0.717) is 42.5 Å². The van der Waals surface area contributed by atoms with Gasteiger partial charge in [0.2, 0.25) is 0 Å². The van der Waals surface area contributed by atoms with Gasteiger partial charge in [-0.2, -0.15) is 0 Å². The van der Waals surface area contributed by atoms with E-state index < -0.39 is 5.82 Å². The highest BCUT2D eigenvalue weighted by Gasteiger charge is 2.24. The zero-order chi connectivity index (χ0) is 26.7. The smallest absolute Gasteiger partial charge is 0.255 e. The first-order valence-corrected chi connectivity index (χ1v) is 13.4. The number of anilines is 2. The molecule has 3 aromatic carbocycles. The first-order chi connectivity index (χ1) is 18.5. The van der Waals surface area contributed by atoms with Crippen LogP contribution in [0.1, 0.15) is 52.5 Å². The molecule has 200 valence electrons. The number of rotatable bonds is 11. The van der Waals surface area contributed by atoms with Crippen LogP contribution in [0, 0.1) is 11.7 Å². The Morgan fingerprint density at radius 2 is 1.71 bits per heavy atom. The van der Waals surface area contributed by atoms with Gasteiger partial charge in [0.15, 0.2) is 0 Å². The fourth-order valence-corrected chi connectivity index (χ4v) is 4.82. The van der Waals surface area contributed by atoms with Gasteiger partial charge >= 0.3 is 0 Å². The number of carbonyl (C=O) groups excluding carboxylic acids is 2. The third kappa shape index (κ3) is 7.65. The Hall–Kier alpha value is -3.71. The van der Waals surface area contributed by atoms with Gasteiger partial charge in [-0.15, -0.1) is 0 Å². The molecule has 7 heteroatoms. The lowest BCUT2D eigenvalue weighted by Gasteiger charge is -2.35. The van der Waals surface area contributed by atoms with Crippen molar-refractivity contribution in [3.63, 3.8) is 0 Å². The van der Waals surface area contributed by atoms with E-state index in [1.165, 1.54) is 29.8 Å². The van der Waals surface area contributed by atoms with E-state index in [4.69, 9.17) is 4.74 Å².